The average Bonchev–Trinajstić information content (AvgIpc) is 2.11. The summed E-state index contributed by atoms with van der Waals surface area (Å²) < 4.78 is 0. The van der Waals surface area contributed by atoms with Gasteiger partial charge in [-0.1, -0.05) is 26.6 Å². The van der Waals surface area contributed by atoms with Gasteiger partial charge in [0.1, 0.15) is 5.78 Å². The fraction of sp³-hybridized carbons (Fsp3) is 0.889. The zero-order chi connectivity index (χ0) is 8.65. The van der Waals surface area contributed by atoms with Crippen molar-refractivity contribution in [3.8, 4) is 0 Å². The van der Waals surface area contributed by atoms with E-state index in [1.807, 2.05) is 0 Å². The predicted octanol–water partition coefficient (Wildman–Crippen LogP) is 2.69. The molecule has 1 aliphatic rings. The normalized spacial score (nSPS) is 32.9. The number of carbonyl (C=O) groups excluding carboxylic acids is 1. The summed E-state index contributed by atoms with van der Waals surface area (Å²) in [5.41, 5.74) is 0.755. The van der Waals surface area contributed by atoms with E-state index in [-0.39, 0.29) is 0 Å². The molecule has 0 aliphatic heterocycles. The maximum Gasteiger partial charge on any atom is 0.135 e. The number of rotatable bonds is 1. The summed E-state index contributed by atoms with van der Waals surface area (Å²) in [5, 5.41) is 0. The minimum absolute atomic E-state index is 0.353. The standard InChI is InChI=1S/C9H18OSi/c1-7-5-8(6-9(7)10)11(2,3)4/h7-8H,5-6H2,1-4H3. The van der Waals surface area contributed by atoms with Crippen LogP contribution in [0.15, 0.2) is 0 Å². The molecule has 2 atom stereocenters. The molecule has 2 unspecified atom stereocenters. The van der Waals surface area contributed by atoms with Gasteiger partial charge in [-0.3, -0.25) is 4.79 Å². The van der Waals surface area contributed by atoms with Crippen LogP contribution in [0.3, 0.4) is 0 Å². The molecule has 0 N–H and O–H groups in total. The average molecular weight is 170 g/mol. The Morgan fingerprint density at radius 1 is 1.36 bits per heavy atom. The van der Waals surface area contributed by atoms with Gasteiger partial charge in [-0.05, 0) is 12.0 Å². The van der Waals surface area contributed by atoms with E-state index < -0.39 is 8.07 Å². The van der Waals surface area contributed by atoms with Crippen molar-refractivity contribution < 1.29 is 4.79 Å². The largest absolute Gasteiger partial charge is 0.299 e. The topological polar surface area (TPSA) is 17.1 Å². The fourth-order valence-corrected chi connectivity index (χ4v) is 3.62. The SMILES string of the molecule is CC1CC([Si](C)(C)C)CC1=O. The molecular weight excluding hydrogens is 152 g/mol. The highest BCUT2D eigenvalue weighted by atomic mass is 28.3. The van der Waals surface area contributed by atoms with E-state index in [9.17, 15) is 4.79 Å². The van der Waals surface area contributed by atoms with Crippen molar-refractivity contribution in [1.82, 2.24) is 0 Å². The Kier molecular flexibility index (Phi) is 2.24. The van der Waals surface area contributed by atoms with E-state index >= 15 is 0 Å². The van der Waals surface area contributed by atoms with Crippen molar-refractivity contribution in [3.05, 3.63) is 0 Å². The quantitative estimate of drug-likeness (QED) is 0.553. The van der Waals surface area contributed by atoms with Crippen LogP contribution in [0.25, 0.3) is 0 Å². The molecule has 1 nitrogen and oxygen atoms in total. The molecule has 1 saturated carbocycles. The molecule has 0 radical (unpaired) electrons. The van der Waals surface area contributed by atoms with Crippen LogP contribution in [0.1, 0.15) is 19.8 Å². The van der Waals surface area contributed by atoms with Crippen LogP contribution in [-0.2, 0) is 4.79 Å². The van der Waals surface area contributed by atoms with Crippen molar-refractivity contribution in [2.45, 2.75) is 44.9 Å². The van der Waals surface area contributed by atoms with Crippen molar-refractivity contribution >= 4 is 13.9 Å². The van der Waals surface area contributed by atoms with Crippen molar-refractivity contribution in [2.24, 2.45) is 5.92 Å². The van der Waals surface area contributed by atoms with Crippen LogP contribution in [0.5, 0.6) is 0 Å². The summed E-state index contributed by atoms with van der Waals surface area (Å²) in [4.78, 5) is 11.3. The van der Waals surface area contributed by atoms with Gasteiger partial charge in [0.15, 0.2) is 0 Å². The van der Waals surface area contributed by atoms with Gasteiger partial charge in [-0.2, -0.15) is 0 Å². The maximum absolute atomic E-state index is 11.3. The number of ketones is 1. The van der Waals surface area contributed by atoms with E-state index in [2.05, 4.69) is 26.6 Å². The number of hydrogen-bond acceptors (Lipinski definition) is 1. The molecule has 2 heteroatoms. The smallest absolute Gasteiger partial charge is 0.135 e. The van der Waals surface area contributed by atoms with Crippen molar-refractivity contribution in [3.63, 3.8) is 0 Å². The minimum atomic E-state index is -1.03. The summed E-state index contributed by atoms with van der Waals surface area (Å²) >= 11 is 0. The molecule has 0 aromatic carbocycles. The lowest BCUT2D eigenvalue weighted by Gasteiger charge is -2.23. The summed E-state index contributed by atoms with van der Waals surface area (Å²) in [7, 11) is -1.03. The fourth-order valence-electron chi connectivity index (χ4n) is 1.75. The van der Waals surface area contributed by atoms with E-state index in [4.69, 9.17) is 0 Å². The molecule has 11 heavy (non-hydrogen) atoms. The second kappa shape index (κ2) is 2.74. The monoisotopic (exact) mass is 170 g/mol. The third kappa shape index (κ3) is 1.92. The highest BCUT2D eigenvalue weighted by Gasteiger charge is 2.37. The van der Waals surface area contributed by atoms with Gasteiger partial charge in [0.05, 0.1) is 0 Å². The first-order chi connectivity index (χ1) is 4.91. The lowest BCUT2D eigenvalue weighted by molar-refractivity contribution is -0.120. The van der Waals surface area contributed by atoms with Gasteiger partial charge < -0.3 is 0 Å². The molecule has 0 heterocycles. The second-order valence-corrected chi connectivity index (χ2v) is 10.4. The van der Waals surface area contributed by atoms with Crippen molar-refractivity contribution in [2.75, 3.05) is 0 Å². The first-order valence-corrected chi connectivity index (χ1v) is 8.01. The molecule has 0 aromatic heterocycles. The predicted molar refractivity (Wildman–Crippen MR) is 50.5 cm³/mol. The van der Waals surface area contributed by atoms with E-state index in [1.165, 1.54) is 0 Å². The molecular formula is C9H18OSi. The molecule has 1 fully saturated rings. The Hall–Kier alpha value is -0.113. The second-order valence-electron chi connectivity index (χ2n) is 4.87. The maximum atomic E-state index is 11.3. The van der Waals surface area contributed by atoms with Gasteiger partial charge in [0.25, 0.3) is 0 Å². The Morgan fingerprint density at radius 2 is 1.91 bits per heavy atom. The molecule has 1 rings (SSSR count). The Morgan fingerprint density at radius 3 is 2.09 bits per heavy atom. The molecule has 0 saturated heterocycles. The lowest BCUT2D eigenvalue weighted by Crippen LogP contribution is -2.26. The number of carbonyl (C=O) groups is 1. The highest BCUT2D eigenvalue weighted by Crippen LogP contribution is 2.39. The molecule has 1 aliphatic carbocycles. The molecule has 64 valence electrons. The van der Waals surface area contributed by atoms with Gasteiger partial charge in [0.2, 0.25) is 0 Å². The van der Waals surface area contributed by atoms with Crippen molar-refractivity contribution in [1.29, 1.82) is 0 Å². The third-order valence-corrected chi connectivity index (χ3v) is 5.75. The van der Waals surface area contributed by atoms with Gasteiger partial charge in [-0.15, -0.1) is 0 Å². The number of Topliss-reactive ketones (excluding diaryl/α,β-unsaturated/α-hetero) is 1. The Balaban J connectivity index is 2.61. The van der Waals surface area contributed by atoms with Crippen LogP contribution in [0.2, 0.25) is 25.2 Å². The zero-order valence-corrected chi connectivity index (χ0v) is 8.98. The van der Waals surface area contributed by atoms with Crippen LogP contribution in [0, 0.1) is 5.92 Å². The molecule has 0 amide bonds. The van der Waals surface area contributed by atoms with Gasteiger partial charge in [-0.25, -0.2) is 0 Å². The minimum Gasteiger partial charge on any atom is -0.299 e. The summed E-state index contributed by atoms with van der Waals surface area (Å²) in [6.07, 6.45) is 2.03. The van der Waals surface area contributed by atoms with Crippen LogP contribution >= 0.6 is 0 Å². The van der Waals surface area contributed by atoms with E-state index in [0.29, 0.717) is 11.7 Å². The summed E-state index contributed by atoms with van der Waals surface area (Å²) in [6, 6.07) is 0. The van der Waals surface area contributed by atoms with E-state index in [0.717, 1.165) is 18.4 Å². The summed E-state index contributed by atoms with van der Waals surface area (Å²) in [6.45, 7) is 9.16. The van der Waals surface area contributed by atoms with Crippen LogP contribution in [0.4, 0.5) is 0 Å². The first kappa shape index (κ1) is 8.98. The van der Waals surface area contributed by atoms with Crippen LogP contribution in [-0.4, -0.2) is 13.9 Å². The van der Waals surface area contributed by atoms with Gasteiger partial charge >= 0.3 is 0 Å². The third-order valence-electron chi connectivity index (χ3n) is 2.86. The number of hydrogen-bond donors (Lipinski definition) is 0. The lowest BCUT2D eigenvalue weighted by atomic mass is 10.1. The zero-order valence-electron chi connectivity index (χ0n) is 7.98. The highest BCUT2D eigenvalue weighted by molar-refractivity contribution is 6.77. The van der Waals surface area contributed by atoms with Gasteiger partial charge in [0, 0.05) is 20.4 Å². The first-order valence-electron chi connectivity index (χ1n) is 4.44. The summed E-state index contributed by atoms with van der Waals surface area (Å²) in [5.74, 6) is 0.851. The molecule has 0 bridgehead atoms. The Labute approximate surface area is 70.2 Å². The van der Waals surface area contributed by atoms with E-state index in [1.54, 1.807) is 0 Å². The van der Waals surface area contributed by atoms with Crippen LogP contribution < -0.4 is 0 Å². The molecule has 0 spiro atoms. The Bertz CT molecular complexity index is 169. The molecule has 0 aromatic rings.